The highest BCUT2D eigenvalue weighted by Crippen LogP contribution is 2.03. The summed E-state index contributed by atoms with van der Waals surface area (Å²) in [5.74, 6) is 0.0853. The molecule has 0 heterocycles. The van der Waals surface area contributed by atoms with Crippen LogP contribution in [0.3, 0.4) is 0 Å². The summed E-state index contributed by atoms with van der Waals surface area (Å²) >= 11 is 0. The summed E-state index contributed by atoms with van der Waals surface area (Å²) < 4.78 is 5.35. The Balaban J connectivity index is 4.11. The number of rotatable bonds is 11. The molecule has 3 N–H and O–H groups in total. The van der Waals surface area contributed by atoms with Crippen LogP contribution in [0.4, 0.5) is 0 Å². The SMILES string of the molecule is CCCNC(=O)CC(CN)N(CC)CCOCC. The molecule has 0 aromatic heterocycles. The third kappa shape index (κ3) is 7.63. The number of carbonyl (C=O) groups excluding carboxylic acids is 1. The predicted octanol–water partition coefficient (Wildman–Crippen LogP) is 0.588. The Labute approximate surface area is 111 Å². The van der Waals surface area contributed by atoms with Gasteiger partial charge in [0.25, 0.3) is 0 Å². The molecule has 108 valence electrons. The van der Waals surface area contributed by atoms with Crippen LogP contribution in [0.2, 0.25) is 0 Å². The van der Waals surface area contributed by atoms with Crippen molar-refractivity contribution in [1.82, 2.24) is 10.2 Å². The van der Waals surface area contributed by atoms with Crippen molar-refractivity contribution in [3.8, 4) is 0 Å². The molecule has 0 aliphatic heterocycles. The third-order valence-corrected chi connectivity index (χ3v) is 2.91. The second-order valence-corrected chi connectivity index (χ2v) is 4.27. The molecule has 18 heavy (non-hydrogen) atoms. The second kappa shape index (κ2) is 11.4. The van der Waals surface area contributed by atoms with Crippen LogP contribution in [0.15, 0.2) is 0 Å². The zero-order valence-electron chi connectivity index (χ0n) is 12.1. The van der Waals surface area contributed by atoms with Crippen LogP contribution in [0.5, 0.6) is 0 Å². The number of nitrogens with one attached hydrogen (secondary N) is 1. The molecule has 5 nitrogen and oxygen atoms in total. The summed E-state index contributed by atoms with van der Waals surface area (Å²) in [6.07, 6.45) is 1.43. The number of amides is 1. The van der Waals surface area contributed by atoms with E-state index in [4.69, 9.17) is 10.5 Å². The Morgan fingerprint density at radius 3 is 2.61 bits per heavy atom. The lowest BCUT2D eigenvalue weighted by Crippen LogP contribution is -2.45. The molecular formula is C13H29N3O2. The molecule has 0 radical (unpaired) electrons. The van der Waals surface area contributed by atoms with E-state index in [1.165, 1.54) is 0 Å². The van der Waals surface area contributed by atoms with Gasteiger partial charge in [0, 0.05) is 38.7 Å². The van der Waals surface area contributed by atoms with Crippen molar-refractivity contribution in [2.45, 2.75) is 39.7 Å². The van der Waals surface area contributed by atoms with Crippen molar-refractivity contribution in [2.75, 3.05) is 39.4 Å². The van der Waals surface area contributed by atoms with E-state index in [1.807, 2.05) is 13.8 Å². The van der Waals surface area contributed by atoms with E-state index in [2.05, 4.69) is 17.1 Å². The molecule has 0 aliphatic carbocycles. The zero-order chi connectivity index (χ0) is 13.8. The van der Waals surface area contributed by atoms with Gasteiger partial charge in [-0.2, -0.15) is 0 Å². The van der Waals surface area contributed by atoms with Crippen molar-refractivity contribution < 1.29 is 9.53 Å². The van der Waals surface area contributed by atoms with Crippen LogP contribution >= 0.6 is 0 Å². The van der Waals surface area contributed by atoms with Gasteiger partial charge in [0.2, 0.25) is 5.91 Å². The fraction of sp³-hybridized carbons (Fsp3) is 0.923. The highest BCUT2D eigenvalue weighted by atomic mass is 16.5. The van der Waals surface area contributed by atoms with E-state index < -0.39 is 0 Å². The van der Waals surface area contributed by atoms with E-state index in [1.54, 1.807) is 0 Å². The maximum absolute atomic E-state index is 11.7. The predicted molar refractivity (Wildman–Crippen MR) is 74.5 cm³/mol. The summed E-state index contributed by atoms with van der Waals surface area (Å²) in [4.78, 5) is 13.9. The van der Waals surface area contributed by atoms with Crippen LogP contribution < -0.4 is 11.1 Å². The molecule has 0 aromatic rings. The van der Waals surface area contributed by atoms with Crippen LogP contribution in [-0.2, 0) is 9.53 Å². The molecule has 0 aromatic carbocycles. The molecule has 0 fully saturated rings. The highest BCUT2D eigenvalue weighted by molar-refractivity contribution is 5.76. The van der Waals surface area contributed by atoms with Crippen molar-refractivity contribution >= 4 is 5.91 Å². The first-order valence-electron chi connectivity index (χ1n) is 6.98. The number of likely N-dealkylation sites (N-methyl/N-ethyl adjacent to an activating group) is 1. The van der Waals surface area contributed by atoms with Crippen molar-refractivity contribution in [3.63, 3.8) is 0 Å². The lowest BCUT2D eigenvalue weighted by molar-refractivity contribution is -0.122. The molecule has 0 aliphatic rings. The fourth-order valence-electron chi connectivity index (χ4n) is 1.84. The molecule has 1 atom stereocenters. The Bertz CT molecular complexity index is 212. The Kier molecular flexibility index (Phi) is 11.0. The van der Waals surface area contributed by atoms with Gasteiger partial charge in [0.15, 0.2) is 0 Å². The first-order valence-corrected chi connectivity index (χ1v) is 6.98. The number of hydrogen-bond acceptors (Lipinski definition) is 4. The van der Waals surface area contributed by atoms with Gasteiger partial charge in [0.1, 0.15) is 0 Å². The number of nitrogens with two attached hydrogens (primary N) is 1. The van der Waals surface area contributed by atoms with E-state index in [0.717, 1.165) is 32.7 Å². The number of nitrogens with zero attached hydrogens (tertiary/aromatic N) is 1. The maximum atomic E-state index is 11.7. The summed E-state index contributed by atoms with van der Waals surface area (Å²) in [5.41, 5.74) is 5.77. The van der Waals surface area contributed by atoms with Crippen LogP contribution in [0.25, 0.3) is 0 Å². The Morgan fingerprint density at radius 2 is 2.11 bits per heavy atom. The van der Waals surface area contributed by atoms with Gasteiger partial charge < -0.3 is 15.8 Å². The summed E-state index contributed by atoms with van der Waals surface area (Å²) in [5, 5.41) is 2.89. The van der Waals surface area contributed by atoms with Crippen molar-refractivity contribution in [2.24, 2.45) is 5.73 Å². The largest absolute Gasteiger partial charge is 0.380 e. The van der Waals surface area contributed by atoms with Gasteiger partial charge >= 0.3 is 0 Å². The average molecular weight is 259 g/mol. The molecular weight excluding hydrogens is 230 g/mol. The van der Waals surface area contributed by atoms with E-state index in [9.17, 15) is 4.79 Å². The van der Waals surface area contributed by atoms with Crippen LogP contribution in [-0.4, -0.2) is 56.2 Å². The highest BCUT2D eigenvalue weighted by Gasteiger charge is 2.18. The van der Waals surface area contributed by atoms with Gasteiger partial charge in [-0.05, 0) is 19.9 Å². The molecule has 1 unspecified atom stereocenters. The summed E-state index contributed by atoms with van der Waals surface area (Å²) in [6.45, 7) is 10.5. The molecule has 0 rings (SSSR count). The third-order valence-electron chi connectivity index (χ3n) is 2.91. The minimum atomic E-state index is 0.0853. The fourth-order valence-corrected chi connectivity index (χ4v) is 1.84. The van der Waals surface area contributed by atoms with Crippen molar-refractivity contribution in [3.05, 3.63) is 0 Å². The van der Waals surface area contributed by atoms with Gasteiger partial charge in [-0.3, -0.25) is 9.69 Å². The van der Waals surface area contributed by atoms with E-state index in [-0.39, 0.29) is 11.9 Å². The van der Waals surface area contributed by atoms with Gasteiger partial charge in [0.05, 0.1) is 6.61 Å². The van der Waals surface area contributed by atoms with E-state index >= 15 is 0 Å². The summed E-state index contributed by atoms with van der Waals surface area (Å²) in [7, 11) is 0. The zero-order valence-corrected chi connectivity index (χ0v) is 12.1. The minimum Gasteiger partial charge on any atom is -0.380 e. The Morgan fingerprint density at radius 1 is 1.39 bits per heavy atom. The molecule has 0 saturated heterocycles. The van der Waals surface area contributed by atoms with Crippen LogP contribution in [0.1, 0.15) is 33.6 Å². The van der Waals surface area contributed by atoms with E-state index in [0.29, 0.717) is 19.6 Å². The standard InChI is InChI=1S/C13H29N3O2/c1-4-7-15-13(17)10-12(11-14)16(5-2)8-9-18-6-3/h12H,4-11,14H2,1-3H3,(H,15,17). The minimum absolute atomic E-state index is 0.0853. The monoisotopic (exact) mass is 259 g/mol. The van der Waals surface area contributed by atoms with Gasteiger partial charge in [-0.15, -0.1) is 0 Å². The summed E-state index contributed by atoms with van der Waals surface area (Å²) in [6, 6.07) is 0.104. The number of carbonyl (C=O) groups is 1. The Hall–Kier alpha value is -0.650. The maximum Gasteiger partial charge on any atom is 0.221 e. The lowest BCUT2D eigenvalue weighted by atomic mass is 10.1. The second-order valence-electron chi connectivity index (χ2n) is 4.27. The topological polar surface area (TPSA) is 67.6 Å². The molecule has 1 amide bonds. The van der Waals surface area contributed by atoms with Gasteiger partial charge in [-0.25, -0.2) is 0 Å². The molecule has 0 bridgehead atoms. The van der Waals surface area contributed by atoms with Gasteiger partial charge in [-0.1, -0.05) is 13.8 Å². The van der Waals surface area contributed by atoms with Crippen molar-refractivity contribution in [1.29, 1.82) is 0 Å². The smallest absolute Gasteiger partial charge is 0.221 e. The number of hydrogen-bond donors (Lipinski definition) is 2. The first kappa shape index (κ1) is 17.4. The number of ether oxygens (including phenoxy) is 1. The average Bonchev–Trinajstić information content (AvgIpc) is 2.39. The van der Waals surface area contributed by atoms with Crippen LogP contribution in [0, 0.1) is 0 Å². The molecule has 0 spiro atoms. The quantitative estimate of drug-likeness (QED) is 0.533. The first-order chi connectivity index (χ1) is 8.69. The lowest BCUT2D eigenvalue weighted by Gasteiger charge is -2.29. The molecule has 5 heteroatoms. The normalized spacial score (nSPS) is 12.7. The molecule has 0 saturated carbocycles.